The fraction of sp³-hybridized carbons (Fsp3) is 0.273. The van der Waals surface area contributed by atoms with Crippen molar-refractivity contribution in [1.82, 2.24) is 15.5 Å². The minimum Gasteiger partial charge on any atom is -0.406 e. The van der Waals surface area contributed by atoms with Gasteiger partial charge in [0.2, 0.25) is 6.39 Å². The molecule has 0 saturated heterocycles. The Hall–Kier alpha value is -2.09. The van der Waals surface area contributed by atoms with Crippen LogP contribution in [-0.2, 0) is 13.1 Å². The minimum atomic E-state index is -4.68. The van der Waals surface area contributed by atoms with Crippen molar-refractivity contribution in [1.29, 1.82) is 0 Å². The molecule has 0 atom stereocenters. The lowest BCUT2D eigenvalue weighted by molar-refractivity contribution is -0.274. The summed E-state index contributed by atoms with van der Waals surface area (Å²) in [5, 5.41) is 6.56. The van der Waals surface area contributed by atoms with Crippen LogP contribution >= 0.6 is 0 Å². The Bertz CT molecular complexity index is 514. The van der Waals surface area contributed by atoms with E-state index in [1.165, 1.54) is 24.6 Å². The fourth-order valence-electron chi connectivity index (χ4n) is 1.44. The molecule has 0 aliphatic rings. The average molecular weight is 273 g/mol. The van der Waals surface area contributed by atoms with Gasteiger partial charge in [-0.2, -0.15) is 4.98 Å². The van der Waals surface area contributed by atoms with E-state index in [2.05, 4.69) is 24.7 Å². The number of hydrogen-bond acceptors (Lipinski definition) is 5. The van der Waals surface area contributed by atoms with E-state index in [9.17, 15) is 13.2 Å². The first kappa shape index (κ1) is 13.3. The smallest absolute Gasteiger partial charge is 0.406 e. The van der Waals surface area contributed by atoms with Crippen LogP contribution in [0.25, 0.3) is 0 Å². The molecule has 0 amide bonds. The van der Waals surface area contributed by atoms with E-state index < -0.39 is 6.36 Å². The van der Waals surface area contributed by atoms with Gasteiger partial charge >= 0.3 is 6.36 Å². The van der Waals surface area contributed by atoms with Crippen LogP contribution in [0.1, 0.15) is 11.4 Å². The number of alkyl halides is 3. The van der Waals surface area contributed by atoms with Crippen molar-refractivity contribution in [2.24, 2.45) is 0 Å². The molecular formula is C11H10F3N3O2. The number of nitrogens with zero attached hydrogens (tertiary/aromatic N) is 2. The molecule has 2 rings (SSSR count). The van der Waals surface area contributed by atoms with Gasteiger partial charge in [0.05, 0.1) is 6.54 Å². The lowest BCUT2D eigenvalue weighted by atomic mass is 10.2. The second-order valence-corrected chi connectivity index (χ2v) is 3.65. The van der Waals surface area contributed by atoms with E-state index in [0.717, 1.165) is 0 Å². The number of nitrogens with one attached hydrogen (secondary N) is 1. The molecule has 19 heavy (non-hydrogen) atoms. The van der Waals surface area contributed by atoms with E-state index in [-0.39, 0.29) is 5.75 Å². The lowest BCUT2D eigenvalue weighted by Gasteiger charge is -2.10. The van der Waals surface area contributed by atoms with Gasteiger partial charge in [0, 0.05) is 6.54 Å². The zero-order valence-corrected chi connectivity index (χ0v) is 9.65. The molecule has 0 aliphatic carbocycles. The largest absolute Gasteiger partial charge is 0.573 e. The van der Waals surface area contributed by atoms with E-state index in [1.807, 2.05) is 0 Å². The van der Waals surface area contributed by atoms with Crippen molar-refractivity contribution in [3.63, 3.8) is 0 Å². The third-order valence-electron chi connectivity index (χ3n) is 2.15. The molecule has 102 valence electrons. The van der Waals surface area contributed by atoms with Gasteiger partial charge in [0.1, 0.15) is 5.75 Å². The molecule has 0 bridgehead atoms. The molecule has 0 fully saturated rings. The maximum absolute atomic E-state index is 12.0. The summed E-state index contributed by atoms with van der Waals surface area (Å²) in [7, 11) is 0. The summed E-state index contributed by atoms with van der Waals surface area (Å²) in [6.07, 6.45) is -3.48. The van der Waals surface area contributed by atoms with Gasteiger partial charge < -0.3 is 14.6 Å². The number of hydrogen-bond donors (Lipinski definition) is 1. The Kier molecular flexibility index (Phi) is 4.00. The normalized spacial score (nSPS) is 11.5. The third-order valence-corrected chi connectivity index (χ3v) is 2.15. The first-order valence-corrected chi connectivity index (χ1v) is 5.33. The Labute approximate surface area is 106 Å². The molecule has 0 aliphatic heterocycles. The van der Waals surface area contributed by atoms with Crippen LogP contribution in [0, 0.1) is 0 Å². The Balaban J connectivity index is 1.88. The fourth-order valence-corrected chi connectivity index (χ4v) is 1.44. The zero-order valence-electron chi connectivity index (χ0n) is 9.65. The van der Waals surface area contributed by atoms with Crippen molar-refractivity contribution < 1.29 is 22.4 Å². The van der Waals surface area contributed by atoms with Crippen LogP contribution in [0.4, 0.5) is 13.2 Å². The van der Waals surface area contributed by atoms with Gasteiger partial charge in [0.25, 0.3) is 0 Å². The van der Waals surface area contributed by atoms with Gasteiger partial charge in [-0.1, -0.05) is 17.3 Å². The van der Waals surface area contributed by atoms with Crippen LogP contribution in [0.3, 0.4) is 0 Å². The molecule has 1 heterocycles. The van der Waals surface area contributed by atoms with Crippen LogP contribution in [0.2, 0.25) is 0 Å². The highest BCUT2D eigenvalue weighted by Crippen LogP contribution is 2.23. The molecule has 1 aromatic heterocycles. The van der Waals surface area contributed by atoms with Gasteiger partial charge in [0.15, 0.2) is 5.82 Å². The number of ether oxygens (including phenoxy) is 1. The average Bonchev–Trinajstić information content (AvgIpc) is 2.80. The first-order chi connectivity index (χ1) is 9.03. The van der Waals surface area contributed by atoms with Crippen molar-refractivity contribution >= 4 is 0 Å². The molecule has 0 radical (unpaired) electrons. The second kappa shape index (κ2) is 5.70. The number of rotatable bonds is 5. The molecule has 0 spiro atoms. The summed E-state index contributed by atoms with van der Waals surface area (Å²) in [5.41, 5.74) is 0.658. The highest BCUT2D eigenvalue weighted by molar-refractivity contribution is 5.28. The topological polar surface area (TPSA) is 60.2 Å². The van der Waals surface area contributed by atoms with E-state index in [4.69, 9.17) is 0 Å². The van der Waals surface area contributed by atoms with E-state index in [0.29, 0.717) is 24.5 Å². The summed E-state index contributed by atoms with van der Waals surface area (Å²) in [6, 6.07) is 5.74. The van der Waals surface area contributed by atoms with Gasteiger partial charge in [-0.25, -0.2) is 0 Å². The van der Waals surface area contributed by atoms with Crippen LogP contribution in [0.15, 0.2) is 35.2 Å². The van der Waals surface area contributed by atoms with Crippen molar-refractivity contribution in [2.75, 3.05) is 0 Å². The molecule has 1 aromatic carbocycles. The maximum atomic E-state index is 12.0. The first-order valence-electron chi connectivity index (χ1n) is 5.33. The molecule has 8 heteroatoms. The zero-order chi connectivity index (χ0) is 13.7. The van der Waals surface area contributed by atoms with E-state index >= 15 is 0 Å². The number of benzene rings is 1. The Morgan fingerprint density at radius 3 is 2.79 bits per heavy atom. The molecule has 0 saturated carbocycles. The predicted octanol–water partition coefficient (Wildman–Crippen LogP) is 2.26. The third kappa shape index (κ3) is 4.59. The van der Waals surface area contributed by atoms with Gasteiger partial charge in [-0.15, -0.1) is 13.2 Å². The quantitative estimate of drug-likeness (QED) is 0.905. The lowest BCUT2D eigenvalue weighted by Crippen LogP contribution is -2.17. The predicted molar refractivity (Wildman–Crippen MR) is 58.0 cm³/mol. The van der Waals surface area contributed by atoms with Gasteiger partial charge in [-0.05, 0) is 17.7 Å². The van der Waals surface area contributed by atoms with Crippen molar-refractivity contribution in [2.45, 2.75) is 19.5 Å². The highest BCUT2D eigenvalue weighted by atomic mass is 19.4. The van der Waals surface area contributed by atoms with Crippen LogP contribution in [0.5, 0.6) is 5.75 Å². The number of halogens is 3. The SMILES string of the molecule is FC(F)(F)Oc1cccc(CNCc2ncon2)c1. The maximum Gasteiger partial charge on any atom is 0.573 e. The summed E-state index contributed by atoms with van der Waals surface area (Å²) in [4.78, 5) is 3.80. The molecular weight excluding hydrogens is 263 g/mol. The summed E-state index contributed by atoms with van der Waals surface area (Å²) in [6.45, 7) is 0.727. The van der Waals surface area contributed by atoms with Crippen molar-refractivity contribution in [3.8, 4) is 5.75 Å². The van der Waals surface area contributed by atoms with Crippen LogP contribution in [-0.4, -0.2) is 16.5 Å². The molecule has 0 unspecified atom stereocenters. The Morgan fingerprint density at radius 1 is 1.26 bits per heavy atom. The minimum absolute atomic E-state index is 0.244. The van der Waals surface area contributed by atoms with Crippen LogP contribution < -0.4 is 10.1 Å². The summed E-state index contributed by atoms with van der Waals surface area (Å²) < 4.78 is 44.5. The number of aromatic nitrogens is 2. The summed E-state index contributed by atoms with van der Waals surface area (Å²) in [5.74, 6) is 0.231. The van der Waals surface area contributed by atoms with E-state index in [1.54, 1.807) is 6.07 Å². The standard InChI is InChI=1S/C11H10F3N3O2/c12-11(13,14)19-9-3-1-2-8(4-9)5-15-6-10-16-7-18-17-10/h1-4,7,15H,5-6H2. The molecule has 5 nitrogen and oxygen atoms in total. The monoisotopic (exact) mass is 273 g/mol. The van der Waals surface area contributed by atoms with Gasteiger partial charge in [-0.3, -0.25) is 0 Å². The molecule has 1 N–H and O–H groups in total. The highest BCUT2D eigenvalue weighted by Gasteiger charge is 2.31. The second-order valence-electron chi connectivity index (χ2n) is 3.65. The summed E-state index contributed by atoms with van der Waals surface area (Å²) >= 11 is 0. The molecule has 2 aromatic rings. The Morgan fingerprint density at radius 2 is 2.11 bits per heavy atom. The van der Waals surface area contributed by atoms with Crippen molar-refractivity contribution in [3.05, 3.63) is 42.0 Å².